The molecule has 1 aliphatic rings. The third-order valence-corrected chi connectivity index (χ3v) is 3.75. The van der Waals surface area contributed by atoms with Gasteiger partial charge in [-0.1, -0.05) is 0 Å². The number of aryl methyl sites for hydroxylation is 1. The highest BCUT2D eigenvalue weighted by molar-refractivity contribution is 5.95. The van der Waals surface area contributed by atoms with E-state index in [-0.39, 0.29) is 17.7 Å². The second-order valence-electron chi connectivity index (χ2n) is 5.10. The van der Waals surface area contributed by atoms with Crippen LogP contribution in [-0.2, 0) is 11.3 Å². The molecule has 1 amide bonds. The lowest BCUT2D eigenvalue weighted by Gasteiger charge is -2.24. The molecule has 0 aliphatic carbocycles. The fourth-order valence-electron chi connectivity index (χ4n) is 2.67. The first kappa shape index (κ1) is 13.5. The first-order chi connectivity index (χ1) is 10.2. The Morgan fingerprint density at radius 3 is 2.95 bits per heavy atom. The molecular weight excluding hydrogens is 270 g/mol. The minimum atomic E-state index is -0.334. The molecule has 0 radical (unpaired) electrons. The maximum atomic E-state index is 12.2. The molecule has 1 aliphatic heterocycles. The molecule has 6 heteroatoms. The molecule has 2 aromatic heterocycles. The van der Waals surface area contributed by atoms with Gasteiger partial charge in [-0.15, -0.1) is 0 Å². The number of aromatic nitrogens is 2. The molecule has 0 aromatic carbocycles. The second-order valence-corrected chi connectivity index (χ2v) is 5.10. The van der Waals surface area contributed by atoms with E-state index in [4.69, 9.17) is 4.42 Å². The fraction of sp³-hybridized carbons (Fsp3) is 0.333. The van der Waals surface area contributed by atoms with Crippen molar-refractivity contribution in [2.45, 2.75) is 25.9 Å². The first-order valence-electron chi connectivity index (χ1n) is 6.88. The number of furan rings is 1. The monoisotopic (exact) mass is 287 g/mol. The average Bonchev–Trinajstić information content (AvgIpc) is 3.20. The summed E-state index contributed by atoms with van der Waals surface area (Å²) in [6.45, 7) is 3.08. The molecule has 0 fully saturated rings. The lowest BCUT2D eigenvalue weighted by atomic mass is 10.1. The number of aliphatic hydroxyl groups is 1. The van der Waals surface area contributed by atoms with Crippen molar-refractivity contribution < 1.29 is 14.3 Å². The summed E-state index contributed by atoms with van der Waals surface area (Å²) in [4.78, 5) is 17.8. The van der Waals surface area contributed by atoms with Crippen molar-refractivity contribution in [2.24, 2.45) is 0 Å². The van der Waals surface area contributed by atoms with Gasteiger partial charge in [-0.3, -0.25) is 4.79 Å². The van der Waals surface area contributed by atoms with Gasteiger partial charge < -0.3 is 19.0 Å². The molecule has 21 heavy (non-hydrogen) atoms. The summed E-state index contributed by atoms with van der Waals surface area (Å²) in [5.41, 5.74) is 0.637. The van der Waals surface area contributed by atoms with Crippen LogP contribution in [0.15, 0.2) is 52.9 Å². The standard InChI is InChI=1S/C15H17N3O3/c1-11-13(12-4-2-9-21-12)18(15(20)14(11)19)7-3-6-17-8-5-16-10-17/h2,4-5,8-10,13,19H,3,6-7H2,1H3. The number of amides is 1. The Bertz CT molecular complexity index is 644. The molecular formula is C15H17N3O3. The Kier molecular flexibility index (Phi) is 3.51. The van der Waals surface area contributed by atoms with E-state index in [2.05, 4.69) is 4.98 Å². The average molecular weight is 287 g/mol. The van der Waals surface area contributed by atoms with Gasteiger partial charge in [0, 0.05) is 31.1 Å². The lowest BCUT2D eigenvalue weighted by molar-refractivity contribution is -0.129. The number of rotatable bonds is 5. The fourth-order valence-corrected chi connectivity index (χ4v) is 2.67. The third-order valence-electron chi connectivity index (χ3n) is 3.75. The Hall–Kier alpha value is -2.50. The summed E-state index contributed by atoms with van der Waals surface area (Å²) in [7, 11) is 0. The molecule has 0 spiro atoms. The van der Waals surface area contributed by atoms with Crippen LogP contribution in [0.5, 0.6) is 0 Å². The molecule has 0 saturated heterocycles. The summed E-state index contributed by atoms with van der Waals surface area (Å²) in [6.07, 6.45) is 7.71. The van der Waals surface area contributed by atoms with Crippen molar-refractivity contribution in [3.8, 4) is 0 Å². The van der Waals surface area contributed by atoms with Gasteiger partial charge in [-0.25, -0.2) is 4.98 Å². The minimum Gasteiger partial charge on any atom is -0.503 e. The number of hydrogen-bond acceptors (Lipinski definition) is 4. The number of hydrogen-bond donors (Lipinski definition) is 1. The number of imidazole rings is 1. The Labute approximate surface area is 122 Å². The number of carbonyl (C=O) groups excluding carboxylic acids is 1. The summed E-state index contributed by atoms with van der Waals surface area (Å²) in [5, 5.41) is 9.92. The van der Waals surface area contributed by atoms with Crippen LogP contribution in [0.1, 0.15) is 25.1 Å². The smallest absolute Gasteiger partial charge is 0.289 e. The van der Waals surface area contributed by atoms with E-state index in [1.807, 2.05) is 16.8 Å². The van der Waals surface area contributed by atoms with E-state index < -0.39 is 0 Å². The molecule has 110 valence electrons. The van der Waals surface area contributed by atoms with E-state index in [0.717, 1.165) is 13.0 Å². The normalized spacial score (nSPS) is 18.8. The number of aliphatic hydroxyl groups excluding tert-OH is 1. The topological polar surface area (TPSA) is 71.5 Å². The van der Waals surface area contributed by atoms with Crippen LogP contribution in [-0.4, -0.2) is 32.0 Å². The summed E-state index contributed by atoms with van der Waals surface area (Å²) < 4.78 is 7.37. The van der Waals surface area contributed by atoms with Crippen LogP contribution < -0.4 is 0 Å². The molecule has 1 N–H and O–H groups in total. The first-order valence-corrected chi connectivity index (χ1v) is 6.88. The summed E-state index contributed by atoms with van der Waals surface area (Å²) in [6, 6.07) is 3.30. The predicted molar refractivity (Wildman–Crippen MR) is 75.3 cm³/mol. The predicted octanol–water partition coefficient (Wildman–Crippen LogP) is 2.28. The number of carbonyl (C=O) groups is 1. The van der Waals surface area contributed by atoms with Gasteiger partial charge in [0.05, 0.1) is 12.6 Å². The van der Waals surface area contributed by atoms with Gasteiger partial charge in [-0.2, -0.15) is 0 Å². The van der Waals surface area contributed by atoms with Gasteiger partial charge in [0.15, 0.2) is 5.76 Å². The zero-order chi connectivity index (χ0) is 14.8. The van der Waals surface area contributed by atoms with E-state index in [0.29, 0.717) is 17.9 Å². The van der Waals surface area contributed by atoms with Gasteiger partial charge in [0.2, 0.25) is 0 Å². The molecule has 3 rings (SSSR count). The van der Waals surface area contributed by atoms with Crippen molar-refractivity contribution >= 4 is 5.91 Å². The van der Waals surface area contributed by atoms with E-state index in [1.165, 1.54) is 0 Å². The van der Waals surface area contributed by atoms with Crippen molar-refractivity contribution in [2.75, 3.05) is 6.54 Å². The highest BCUT2D eigenvalue weighted by Crippen LogP contribution is 2.36. The molecule has 0 saturated carbocycles. The maximum Gasteiger partial charge on any atom is 0.289 e. The van der Waals surface area contributed by atoms with E-state index >= 15 is 0 Å². The summed E-state index contributed by atoms with van der Waals surface area (Å²) in [5.74, 6) is 0.172. The largest absolute Gasteiger partial charge is 0.503 e. The van der Waals surface area contributed by atoms with Crippen molar-refractivity contribution in [1.82, 2.24) is 14.5 Å². The SMILES string of the molecule is CC1=C(O)C(=O)N(CCCn2ccnc2)C1c1ccco1. The van der Waals surface area contributed by atoms with Crippen LogP contribution in [0.4, 0.5) is 0 Å². The molecule has 0 bridgehead atoms. The zero-order valence-corrected chi connectivity index (χ0v) is 11.8. The van der Waals surface area contributed by atoms with Crippen LogP contribution in [0, 0.1) is 0 Å². The van der Waals surface area contributed by atoms with Crippen molar-refractivity contribution in [3.05, 3.63) is 54.2 Å². The van der Waals surface area contributed by atoms with Crippen molar-refractivity contribution in [1.29, 1.82) is 0 Å². The van der Waals surface area contributed by atoms with Crippen LogP contribution in [0.3, 0.4) is 0 Å². The van der Waals surface area contributed by atoms with Gasteiger partial charge in [0.25, 0.3) is 5.91 Å². The molecule has 6 nitrogen and oxygen atoms in total. The summed E-state index contributed by atoms with van der Waals surface area (Å²) >= 11 is 0. The molecule has 1 atom stereocenters. The van der Waals surface area contributed by atoms with Crippen LogP contribution >= 0.6 is 0 Å². The third kappa shape index (κ3) is 2.44. The van der Waals surface area contributed by atoms with Crippen LogP contribution in [0.2, 0.25) is 0 Å². The number of nitrogens with zero attached hydrogens (tertiary/aromatic N) is 3. The van der Waals surface area contributed by atoms with Gasteiger partial charge >= 0.3 is 0 Å². The minimum absolute atomic E-state index is 0.168. The molecule has 1 unspecified atom stereocenters. The van der Waals surface area contributed by atoms with E-state index in [1.54, 1.807) is 36.7 Å². The molecule has 3 heterocycles. The zero-order valence-electron chi connectivity index (χ0n) is 11.8. The van der Waals surface area contributed by atoms with E-state index in [9.17, 15) is 9.90 Å². The Morgan fingerprint density at radius 1 is 1.43 bits per heavy atom. The Balaban J connectivity index is 1.72. The second kappa shape index (κ2) is 5.47. The van der Waals surface area contributed by atoms with Crippen LogP contribution in [0.25, 0.3) is 0 Å². The molecule has 2 aromatic rings. The quantitative estimate of drug-likeness (QED) is 0.915. The van der Waals surface area contributed by atoms with Gasteiger partial charge in [-0.05, 0) is 25.5 Å². The lowest BCUT2D eigenvalue weighted by Crippen LogP contribution is -2.31. The highest BCUT2D eigenvalue weighted by Gasteiger charge is 2.39. The highest BCUT2D eigenvalue weighted by atomic mass is 16.3. The van der Waals surface area contributed by atoms with Gasteiger partial charge in [0.1, 0.15) is 11.8 Å². The van der Waals surface area contributed by atoms with Crippen molar-refractivity contribution in [3.63, 3.8) is 0 Å². The Morgan fingerprint density at radius 2 is 2.29 bits per heavy atom. The maximum absolute atomic E-state index is 12.2.